The molecule has 1 saturated heterocycles. The maximum atomic E-state index is 13.4. The molecule has 6 nitrogen and oxygen atoms in total. The fourth-order valence-corrected chi connectivity index (χ4v) is 5.29. The van der Waals surface area contributed by atoms with Gasteiger partial charge >= 0.3 is 0 Å². The van der Waals surface area contributed by atoms with E-state index < -0.39 is 15.8 Å². The summed E-state index contributed by atoms with van der Waals surface area (Å²) in [6.45, 7) is 4.90. The van der Waals surface area contributed by atoms with Gasteiger partial charge in [0.2, 0.25) is 10.0 Å². The van der Waals surface area contributed by atoms with Gasteiger partial charge < -0.3 is 9.64 Å². The van der Waals surface area contributed by atoms with E-state index in [2.05, 4.69) is 6.92 Å². The molecule has 1 fully saturated rings. The largest absolute Gasteiger partial charge is 0.489 e. The molecule has 2 heterocycles. The second kappa shape index (κ2) is 7.42. The van der Waals surface area contributed by atoms with E-state index >= 15 is 0 Å². The molecule has 0 N–H and O–H groups in total. The number of hydrogen-bond donors (Lipinski definition) is 0. The van der Waals surface area contributed by atoms with Gasteiger partial charge in [0.25, 0.3) is 5.91 Å². The third-order valence-electron chi connectivity index (χ3n) is 5.73. The highest BCUT2D eigenvalue weighted by Crippen LogP contribution is 2.40. The molecule has 8 heteroatoms. The van der Waals surface area contributed by atoms with Crippen molar-refractivity contribution in [2.45, 2.75) is 30.8 Å². The van der Waals surface area contributed by atoms with Crippen molar-refractivity contribution in [3.8, 4) is 5.75 Å². The number of sulfonamides is 1. The Bertz CT molecular complexity index is 1050. The van der Waals surface area contributed by atoms with Crippen LogP contribution in [0.25, 0.3) is 0 Å². The lowest BCUT2D eigenvalue weighted by molar-refractivity contribution is 0.0692. The number of benzene rings is 2. The number of rotatable bonds is 3. The van der Waals surface area contributed by atoms with E-state index in [4.69, 9.17) is 4.74 Å². The van der Waals surface area contributed by atoms with Gasteiger partial charge in [0.05, 0.1) is 10.5 Å². The number of fused-ring (bicyclic) bond motifs is 1. The zero-order valence-corrected chi connectivity index (χ0v) is 17.2. The number of halogens is 1. The number of carbonyl (C=O) groups excluding carboxylic acids is 1. The highest BCUT2D eigenvalue weighted by molar-refractivity contribution is 7.89. The Morgan fingerprint density at radius 3 is 2.45 bits per heavy atom. The minimum atomic E-state index is -3.79. The first-order valence-electron chi connectivity index (χ1n) is 9.63. The van der Waals surface area contributed by atoms with Gasteiger partial charge in [-0.15, -0.1) is 0 Å². The monoisotopic (exact) mass is 418 g/mol. The molecular weight excluding hydrogens is 395 g/mol. The number of piperazine rings is 1. The smallest absolute Gasteiger partial charge is 0.257 e. The predicted octanol–water partition coefficient (Wildman–Crippen LogP) is 2.86. The van der Waals surface area contributed by atoms with Gasteiger partial charge in [-0.3, -0.25) is 4.79 Å². The highest BCUT2D eigenvalue weighted by atomic mass is 32.2. The van der Waals surface area contributed by atoms with Crippen LogP contribution >= 0.6 is 0 Å². The first-order valence-corrected chi connectivity index (χ1v) is 11.1. The Kier molecular flexibility index (Phi) is 5.08. The summed E-state index contributed by atoms with van der Waals surface area (Å²) in [5.41, 5.74) is 1.54. The molecule has 2 aliphatic heterocycles. The molecule has 154 valence electrons. The molecule has 0 aliphatic carbocycles. The van der Waals surface area contributed by atoms with Crippen LogP contribution in [0.5, 0.6) is 5.75 Å². The molecule has 0 spiro atoms. The quantitative estimate of drug-likeness (QED) is 0.769. The summed E-state index contributed by atoms with van der Waals surface area (Å²) < 4.78 is 46.1. The van der Waals surface area contributed by atoms with Gasteiger partial charge in [-0.05, 0) is 31.2 Å². The van der Waals surface area contributed by atoms with E-state index in [0.29, 0.717) is 11.3 Å². The third kappa shape index (κ3) is 3.51. The SMILES string of the molecule is CC1Oc2c(C(=O)N3CCN(S(=O)(=O)c4cccc(F)c4)CC3)cccc2C1C. The van der Waals surface area contributed by atoms with Crippen molar-refractivity contribution in [1.82, 2.24) is 9.21 Å². The maximum absolute atomic E-state index is 13.4. The van der Waals surface area contributed by atoms with Crippen LogP contribution in [0.3, 0.4) is 0 Å². The fraction of sp³-hybridized carbons (Fsp3) is 0.381. The Labute approximate surface area is 169 Å². The van der Waals surface area contributed by atoms with Gasteiger partial charge in [0, 0.05) is 37.7 Å². The highest BCUT2D eigenvalue weighted by Gasteiger charge is 2.35. The molecule has 2 aromatic rings. The molecule has 2 aromatic carbocycles. The van der Waals surface area contributed by atoms with Crippen LogP contribution in [0.15, 0.2) is 47.4 Å². The molecule has 1 amide bonds. The first-order chi connectivity index (χ1) is 13.8. The minimum Gasteiger partial charge on any atom is -0.489 e. The zero-order valence-electron chi connectivity index (χ0n) is 16.3. The van der Waals surface area contributed by atoms with Crippen LogP contribution in [0, 0.1) is 5.82 Å². The van der Waals surface area contributed by atoms with E-state index in [9.17, 15) is 17.6 Å². The standard InChI is InChI=1S/C21H23FN2O4S/c1-14-15(2)28-20-18(14)7-4-8-19(20)21(25)23-9-11-24(12-10-23)29(26,27)17-6-3-5-16(22)13-17/h3-8,13-15H,9-12H2,1-2H3. The molecule has 29 heavy (non-hydrogen) atoms. The molecule has 2 aliphatic rings. The van der Waals surface area contributed by atoms with E-state index in [-0.39, 0.29) is 49.0 Å². The number of ether oxygens (including phenoxy) is 1. The van der Waals surface area contributed by atoms with Gasteiger partial charge in [-0.1, -0.05) is 25.1 Å². The van der Waals surface area contributed by atoms with Crippen molar-refractivity contribution in [2.24, 2.45) is 0 Å². The van der Waals surface area contributed by atoms with Crippen LogP contribution < -0.4 is 4.74 Å². The Morgan fingerprint density at radius 1 is 1.07 bits per heavy atom. The van der Waals surface area contributed by atoms with Gasteiger partial charge in [-0.25, -0.2) is 12.8 Å². The molecule has 0 radical (unpaired) electrons. The Hall–Kier alpha value is -2.45. The average Bonchev–Trinajstić information content (AvgIpc) is 3.01. The van der Waals surface area contributed by atoms with Crippen molar-refractivity contribution in [2.75, 3.05) is 26.2 Å². The number of amides is 1. The summed E-state index contributed by atoms with van der Waals surface area (Å²) in [6.07, 6.45) is 0.00667. The second-order valence-corrected chi connectivity index (χ2v) is 9.43. The van der Waals surface area contributed by atoms with E-state index in [1.165, 1.54) is 22.5 Å². The lowest BCUT2D eigenvalue weighted by atomic mass is 9.96. The van der Waals surface area contributed by atoms with Crippen LogP contribution in [-0.4, -0.2) is 55.8 Å². The Morgan fingerprint density at radius 2 is 1.76 bits per heavy atom. The van der Waals surface area contributed by atoms with E-state index in [0.717, 1.165) is 11.6 Å². The second-order valence-electron chi connectivity index (χ2n) is 7.49. The first kappa shape index (κ1) is 19.8. The van der Waals surface area contributed by atoms with Crippen LogP contribution in [0.4, 0.5) is 4.39 Å². The Balaban J connectivity index is 1.49. The number of hydrogen-bond acceptors (Lipinski definition) is 4. The fourth-order valence-electron chi connectivity index (χ4n) is 3.83. The lowest BCUT2D eigenvalue weighted by Gasteiger charge is -2.34. The van der Waals surface area contributed by atoms with Gasteiger partial charge in [0.15, 0.2) is 0 Å². The summed E-state index contributed by atoms with van der Waals surface area (Å²) in [5, 5.41) is 0. The summed E-state index contributed by atoms with van der Waals surface area (Å²) in [7, 11) is -3.79. The van der Waals surface area contributed by atoms with Crippen molar-refractivity contribution < 1.29 is 22.3 Å². The number of carbonyl (C=O) groups is 1. The predicted molar refractivity (Wildman–Crippen MR) is 106 cm³/mol. The summed E-state index contributed by atoms with van der Waals surface area (Å²) in [4.78, 5) is 14.6. The van der Waals surface area contributed by atoms with Crippen LogP contribution in [-0.2, 0) is 10.0 Å². The van der Waals surface area contributed by atoms with E-state index in [1.54, 1.807) is 11.0 Å². The average molecular weight is 418 g/mol. The summed E-state index contributed by atoms with van der Waals surface area (Å²) in [6, 6.07) is 10.6. The molecule has 4 rings (SSSR count). The number of nitrogens with zero attached hydrogens (tertiary/aromatic N) is 2. The van der Waals surface area contributed by atoms with Crippen LogP contribution in [0.1, 0.15) is 35.7 Å². The molecule has 0 saturated carbocycles. The summed E-state index contributed by atoms with van der Waals surface area (Å²) >= 11 is 0. The van der Waals surface area contributed by atoms with Gasteiger partial charge in [-0.2, -0.15) is 4.31 Å². The van der Waals surface area contributed by atoms with Crippen molar-refractivity contribution in [3.63, 3.8) is 0 Å². The molecular formula is C21H23FN2O4S. The summed E-state index contributed by atoms with van der Waals surface area (Å²) in [5.74, 6) is 0.0885. The topological polar surface area (TPSA) is 66.9 Å². The molecule has 0 bridgehead atoms. The molecule has 2 atom stereocenters. The zero-order chi connectivity index (χ0) is 20.8. The molecule has 0 aromatic heterocycles. The molecule has 2 unspecified atom stereocenters. The third-order valence-corrected chi connectivity index (χ3v) is 7.63. The van der Waals surface area contributed by atoms with Gasteiger partial charge in [0.1, 0.15) is 17.7 Å². The number of para-hydroxylation sites is 1. The minimum absolute atomic E-state index is 0.00667. The van der Waals surface area contributed by atoms with E-state index in [1.807, 2.05) is 19.1 Å². The lowest BCUT2D eigenvalue weighted by Crippen LogP contribution is -2.50. The van der Waals surface area contributed by atoms with Crippen LogP contribution in [0.2, 0.25) is 0 Å². The van der Waals surface area contributed by atoms with Crippen molar-refractivity contribution in [3.05, 3.63) is 59.4 Å². The maximum Gasteiger partial charge on any atom is 0.257 e. The van der Waals surface area contributed by atoms with Crippen molar-refractivity contribution >= 4 is 15.9 Å². The van der Waals surface area contributed by atoms with Crippen molar-refractivity contribution in [1.29, 1.82) is 0 Å². The normalized spacial score (nSPS) is 22.2.